The number of aromatic nitrogens is 2. The fraction of sp³-hybridized carbons (Fsp3) is 0.280. The zero-order valence-corrected chi connectivity index (χ0v) is 21.2. The molecule has 0 saturated carbocycles. The van der Waals surface area contributed by atoms with Crippen LogP contribution in [0.25, 0.3) is 11.7 Å². The van der Waals surface area contributed by atoms with Crippen molar-refractivity contribution in [1.29, 1.82) is 0 Å². The second kappa shape index (κ2) is 9.35. The molecule has 1 amide bonds. The minimum Gasteiger partial charge on any atom is -0.454 e. The number of amides is 1. The first-order valence-electron chi connectivity index (χ1n) is 11.3. The van der Waals surface area contributed by atoms with E-state index in [-0.39, 0.29) is 24.3 Å². The lowest BCUT2D eigenvalue weighted by molar-refractivity contribution is -0.122. The number of ether oxygens (including phenoxy) is 2. The number of aryl methyl sites for hydroxylation is 1. The number of thiocarbonyl (C=S) groups is 1. The van der Waals surface area contributed by atoms with E-state index in [1.165, 1.54) is 21.1 Å². The first kappa shape index (κ1) is 23.4. The molecule has 0 radical (unpaired) electrons. The second-order valence-corrected chi connectivity index (χ2v) is 10.1. The normalized spacial score (nSPS) is 17.0. The van der Waals surface area contributed by atoms with Gasteiger partial charge in [-0.15, -0.1) is 0 Å². The molecule has 2 aromatic heterocycles. The first-order chi connectivity index (χ1) is 16.9. The molecule has 3 aromatic rings. The van der Waals surface area contributed by atoms with Crippen LogP contribution in [-0.4, -0.2) is 37.3 Å². The number of fused-ring (bicyclic) bond motifs is 2. The number of anilines is 1. The van der Waals surface area contributed by atoms with Gasteiger partial charge in [-0.25, -0.2) is 4.98 Å². The predicted molar refractivity (Wildman–Crippen MR) is 141 cm³/mol. The van der Waals surface area contributed by atoms with Crippen LogP contribution in [0.1, 0.15) is 37.0 Å². The quantitative estimate of drug-likeness (QED) is 0.389. The maximum absolute atomic E-state index is 13.5. The molecule has 4 heterocycles. The minimum absolute atomic E-state index is 0.0982. The van der Waals surface area contributed by atoms with Crippen molar-refractivity contribution in [3.8, 4) is 11.5 Å². The van der Waals surface area contributed by atoms with Crippen LogP contribution >= 0.6 is 24.0 Å². The fourth-order valence-corrected chi connectivity index (χ4v) is 5.11. The number of rotatable bonds is 6. The van der Waals surface area contributed by atoms with Crippen molar-refractivity contribution in [2.75, 3.05) is 12.1 Å². The Labute approximate surface area is 211 Å². The average molecular weight is 509 g/mol. The van der Waals surface area contributed by atoms with E-state index in [4.69, 9.17) is 26.7 Å². The summed E-state index contributed by atoms with van der Waals surface area (Å²) in [6, 6.07) is 9.37. The Balaban J connectivity index is 1.51. The Morgan fingerprint density at radius 2 is 2.06 bits per heavy atom. The van der Waals surface area contributed by atoms with Gasteiger partial charge in [0.1, 0.15) is 15.8 Å². The van der Waals surface area contributed by atoms with Crippen molar-refractivity contribution in [1.82, 2.24) is 14.3 Å². The first-order valence-corrected chi connectivity index (χ1v) is 12.5. The topological polar surface area (TPSA) is 85.2 Å². The minimum atomic E-state index is -0.249. The summed E-state index contributed by atoms with van der Waals surface area (Å²) in [5, 5.41) is 3.33. The van der Waals surface area contributed by atoms with Crippen molar-refractivity contribution in [3.63, 3.8) is 0 Å². The van der Waals surface area contributed by atoms with Crippen LogP contribution in [0.4, 0.5) is 5.82 Å². The molecule has 1 unspecified atom stereocenters. The number of hydrogen-bond acceptors (Lipinski definition) is 8. The van der Waals surface area contributed by atoms with Crippen LogP contribution < -0.4 is 20.3 Å². The van der Waals surface area contributed by atoms with E-state index in [2.05, 4.69) is 12.2 Å². The summed E-state index contributed by atoms with van der Waals surface area (Å²) in [5.74, 6) is 1.54. The highest BCUT2D eigenvalue weighted by molar-refractivity contribution is 8.26. The highest BCUT2D eigenvalue weighted by Gasteiger charge is 2.33. The lowest BCUT2D eigenvalue weighted by atomic mass is 10.2. The zero-order valence-electron chi connectivity index (χ0n) is 19.5. The van der Waals surface area contributed by atoms with E-state index in [1.807, 2.05) is 44.2 Å². The van der Waals surface area contributed by atoms with Gasteiger partial charge < -0.3 is 14.8 Å². The van der Waals surface area contributed by atoms with Gasteiger partial charge in [-0.05, 0) is 55.7 Å². The lowest BCUT2D eigenvalue weighted by Crippen LogP contribution is -2.27. The Hall–Kier alpha value is -3.37. The summed E-state index contributed by atoms with van der Waals surface area (Å²) < 4.78 is 12.7. The molecule has 2 aliphatic rings. The van der Waals surface area contributed by atoms with Crippen molar-refractivity contribution in [2.24, 2.45) is 0 Å². The number of hydrogen-bond donors (Lipinski definition) is 1. The van der Waals surface area contributed by atoms with Crippen LogP contribution in [0.2, 0.25) is 0 Å². The van der Waals surface area contributed by atoms with Gasteiger partial charge in [-0.2, -0.15) is 0 Å². The Kier molecular flexibility index (Phi) is 6.24. The van der Waals surface area contributed by atoms with Crippen molar-refractivity contribution < 1.29 is 14.3 Å². The number of carbonyl (C=O) groups is 1. The van der Waals surface area contributed by atoms with Gasteiger partial charge in [0.05, 0.1) is 17.0 Å². The van der Waals surface area contributed by atoms with Crippen LogP contribution in [0, 0.1) is 6.92 Å². The molecule has 1 N–H and O–H groups in total. The van der Waals surface area contributed by atoms with Gasteiger partial charge in [0.2, 0.25) is 6.79 Å². The molecule has 1 fully saturated rings. The number of carbonyl (C=O) groups excluding carboxylic acids is 1. The van der Waals surface area contributed by atoms with Gasteiger partial charge in [0.15, 0.2) is 11.5 Å². The van der Waals surface area contributed by atoms with E-state index < -0.39 is 0 Å². The largest absolute Gasteiger partial charge is 0.454 e. The van der Waals surface area contributed by atoms with E-state index in [9.17, 15) is 9.59 Å². The third-order valence-corrected chi connectivity index (χ3v) is 7.38. The number of pyridine rings is 1. The summed E-state index contributed by atoms with van der Waals surface area (Å²) in [6.45, 7) is 6.47. The predicted octanol–water partition coefficient (Wildman–Crippen LogP) is 4.34. The summed E-state index contributed by atoms with van der Waals surface area (Å²) in [5.41, 5.74) is 2.42. The molecule has 10 heteroatoms. The number of nitrogens with zero attached hydrogens (tertiary/aromatic N) is 3. The Morgan fingerprint density at radius 1 is 1.26 bits per heavy atom. The highest BCUT2D eigenvalue weighted by Crippen LogP contribution is 2.36. The van der Waals surface area contributed by atoms with Gasteiger partial charge in [0, 0.05) is 12.2 Å². The van der Waals surface area contributed by atoms with Crippen LogP contribution in [0.15, 0.2) is 46.2 Å². The van der Waals surface area contributed by atoms with E-state index in [0.29, 0.717) is 44.3 Å². The van der Waals surface area contributed by atoms with Crippen molar-refractivity contribution in [2.45, 2.75) is 39.8 Å². The number of thioether (sulfide) groups is 1. The molecule has 1 aromatic carbocycles. The highest BCUT2D eigenvalue weighted by atomic mass is 32.2. The van der Waals surface area contributed by atoms with Crippen molar-refractivity contribution in [3.05, 3.63) is 68.5 Å². The van der Waals surface area contributed by atoms with Gasteiger partial charge in [-0.1, -0.05) is 43.0 Å². The molecule has 1 saturated heterocycles. The van der Waals surface area contributed by atoms with Gasteiger partial charge in [-0.3, -0.25) is 18.9 Å². The molecule has 2 aliphatic heterocycles. The van der Waals surface area contributed by atoms with E-state index >= 15 is 0 Å². The summed E-state index contributed by atoms with van der Waals surface area (Å²) >= 11 is 6.70. The molecule has 0 aliphatic carbocycles. The van der Waals surface area contributed by atoms with Crippen LogP contribution in [-0.2, 0) is 11.3 Å². The summed E-state index contributed by atoms with van der Waals surface area (Å²) in [6.07, 6.45) is 4.15. The van der Waals surface area contributed by atoms with Crippen molar-refractivity contribution >= 4 is 51.7 Å². The molecule has 35 heavy (non-hydrogen) atoms. The molecule has 8 nitrogen and oxygen atoms in total. The average Bonchev–Trinajstić information content (AvgIpc) is 3.41. The fourth-order valence-electron chi connectivity index (χ4n) is 3.88. The van der Waals surface area contributed by atoms with E-state index in [0.717, 1.165) is 17.5 Å². The van der Waals surface area contributed by atoms with Crippen LogP contribution in [0.5, 0.6) is 11.5 Å². The van der Waals surface area contributed by atoms with E-state index in [1.54, 1.807) is 12.3 Å². The SMILES string of the molecule is CCC(C)Nc1nc2c(C)cccn2c(=O)c1C=C1SC(=S)N(Cc2ccc3c(c2)OCO3)C1=O. The maximum Gasteiger partial charge on any atom is 0.267 e. The molecular weight excluding hydrogens is 484 g/mol. The number of benzene rings is 1. The monoisotopic (exact) mass is 508 g/mol. The zero-order chi connectivity index (χ0) is 24.7. The molecule has 0 bridgehead atoms. The molecule has 5 rings (SSSR count). The molecular formula is C25H24N4O4S2. The molecule has 1 atom stereocenters. The third kappa shape index (κ3) is 4.39. The maximum atomic E-state index is 13.5. The Bertz CT molecular complexity index is 1450. The summed E-state index contributed by atoms with van der Waals surface area (Å²) in [7, 11) is 0. The van der Waals surface area contributed by atoms with Crippen LogP contribution in [0.3, 0.4) is 0 Å². The summed E-state index contributed by atoms with van der Waals surface area (Å²) in [4.78, 5) is 33.5. The Morgan fingerprint density at radius 3 is 2.86 bits per heavy atom. The lowest BCUT2D eigenvalue weighted by Gasteiger charge is -2.16. The van der Waals surface area contributed by atoms with Gasteiger partial charge in [0.25, 0.3) is 11.5 Å². The van der Waals surface area contributed by atoms with Gasteiger partial charge >= 0.3 is 0 Å². The smallest absolute Gasteiger partial charge is 0.267 e. The second-order valence-electron chi connectivity index (χ2n) is 8.47. The third-order valence-electron chi connectivity index (χ3n) is 6.01. The number of nitrogens with one attached hydrogen (secondary N) is 1. The standard InChI is InChI=1S/C25H24N4O4S2/c1-4-15(3)26-21-17(23(30)28-9-5-6-14(2)22(28)27-21)11-20-24(31)29(25(34)35-20)12-16-7-8-18-19(10-16)33-13-32-18/h5-11,15,26H,4,12-13H2,1-3H3. The molecule has 0 spiro atoms. The molecule has 180 valence electrons.